The number of hydrogen-bond donors (Lipinski definition) is 1. The lowest BCUT2D eigenvalue weighted by atomic mass is 10.0. The van der Waals surface area contributed by atoms with Crippen LogP contribution in [0, 0.1) is 0 Å². The van der Waals surface area contributed by atoms with Gasteiger partial charge in [0, 0.05) is 56.7 Å². The molecule has 2 saturated heterocycles. The van der Waals surface area contributed by atoms with Crippen molar-refractivity contribution in [1.82, 2.24) is 10.2 Å². The van der Waals surface area contributed by atoms with Crippen molar-refractivity contribution in [3.05, 3.63) is 48.5 Å². The number of carbonyl (C=O) groups excluding carboxylic acids is 1. The standard InChI is InChI=1S/C24H32N4O3/c1-30-22-7-3-20(4-8-22)26-13-11-19(12-14-26)25-24(29)28-17-15-27(16-18-28)21-5-9-23(31-2)10-6-21/h3-10,19H,11-18H2,1-2H3,(H,25,29). The van der Waals surface area contributed by atoms with Gasteiger partial charge in [-0.25, -0.2) is 4.79 Å². The van der Waals surface area contributed by atoms with E-state index in [2.05, 4.69) is 39.4 Å². The third-order valence-electron chi connectivity index (χ3n) is 6.26. The van der Waals surface area contributed by atoms with Gasteiger partial charge in [0.15, 0.2) is 0 Å². The number of urea groups is 1. The number of methoxy groups -OCH3 is 2. The maximum atomic E-state index is 12.8. The van der Waals surface area contributed by atoms with Gasteiger partial charge in [-0.1, -0.05) is 0 Å². The normalized spacial score (nSPS) is 17.4. The van der Waals surface area contributed by atoms with Crippen LogP contribution in [0.3, 0.4) is 0 Å². The molecule has 2 aliphatic rings. The Balaban J connectivity index is 1.21. The van der Waals surface area contributed by atoms with Crippen LogP contribution >= 0.6 is 0 Å². The van der Waals surface area contributed by atoms with Crippen molar-refractivity contribution in [2.24, 2.45) is 0 Å². The van der Waals surface area contributed by atoms with E-state index in [9.17, 15) is 4.79 Å². The quantitative estimate of drug-likeness (QED) is 0.799. The number of ether oxygens (including phenoxy) is 2. The fourth-order valence-corrected chi connectivity index (χ4v) is 4.30. The molecule has 2 amide bonds. The maximum absolute atomic E-state index is 12.8. The Morgan fingerprint density at radius 3 is 1.65 bits per heavy atom. The van der Waals surface area contributed by atoms with Crippen molar-refractivity contribution < 1.29 is 14.3 Å². The molecule has 0 unspecified atom stereocenters. The summed E-state index contributed by atoms with van der Waals surface area (Å²) in [4.78, 5) is 19.4. The molecule has 31 heavy (non-hydrogen) atoms. The Labute approximate surface area is 184 Å². The highest BCUT2D eigenvalue weighted by atomic mass is 16.5. The summed E-state index contributed by atoms with van der Waals surface area (Å²) in [7, 11) is 3.36. The monoisotopic (exact) mass is 424 g/mol. The summed E-state index contributed by atoms with van der Waals surface area (Å²) < 4.78 is 10.5. The molecule has 4 rings (SSSR count). The Kier molecular flexibility index (Phi) is 6.70. The van der Waals surface area contributed by atoms with Gasteiger partial charge in [0.05, 0.1) is 14.2 Å². The Morgan fingerprint density at radius 1 is 0.742 bits per heavy atom. The van der Waals surface area contributed by atoms with Crippen LogP contribution in [0.15, 0.2) is 48.5 Å². The molecule has 0 aromatic heterocycles. The fraction of sp³-hybridized carbons (Fsp3) is 0.458. The number of amides is 2. The van der Waals surface area contributed by atoms with Gasteiger partial charge in [0.25, 0.3) is 0 Å². The van der Waals surface area contributed by atoms with Crippen molar-refractivity contribution in [2.75, 3.05) is 63.3 Å². The first kappa shape index (κ1) is 21.2. The predicted octanol–water partition coefficient (Wildman–Crippen LogP) is 3.20. The van der Waals surface area contributed by atoms with Crippen molar-refractivity contribution in [1.29, 1.82) is 0 Å². The highest BCUT2D eigenvalue weighted by molar-refractivity contribution is 5.75. The highest BCUT2D eigenvalue weighted by Crippen LogP contribution is 2.23. The molecule has 0 radical (unpaired) electrons. The van der Waals surface area contributed by atoms with Gasteiger partial charge in [-0.15, -0.1) is 0 Å². The molecule has 2 aromatic rings. The lowest BCUT2D eigenvalue weighted by Gasteiger charge is -2.38. The number of rotatable bonds is 5. The molecule has 7 heteroatoms. The van der Waals surface area contributed by atoms with Crippen LogP contribution in [0.25, 0.3) is 0 Å². The molecule has 0 bridgehead atoms. The van der Waals surface area contributed by atoms with Crippen LogP contribution in [0.5, 0.6) is 11.5 Å². The van der Waals surface area contributed by atoms with Crippen molar-refractivity contribution in [3.8, 4) is 11.5 Å². The molecular formula is C24H32N4O3. The first-order valence-corrected chi connectivity index (χ1v) is 11.0. The molecule has 2 heterocycles. The first-order chi connectivity index (χ1) is 15.2. The summed E-state index contributed by atoms with van der Waals surface area (Å²) >= 11 is 0. The van der Waals surface area contributed by atoms with E-state index in [-0.39, 0.29) is 12.1 Å². The van der Waals surface area contributed by atoms with Crippen molar-refractivity contribution in [3.63, 3.8) is 0 Å². The van der Waals surface area contributed by atoms with Crippen LogP contribution in [0.2, 0.25) is 0 Å². The molecule has 0 atom stereocenters. The minimum atomic E-state index is 0.0669. The van der Waals surface area contributed by atoms with Crippen LogP contribution in [0.4, 0.5) is 16.2 Å². The SMILES string of the molecule is COc1ccc(N2CCC(NC(=O)N3CCN(c4ccc(OC)cc4)CC3)CC2)cc1. The summed E-state index contributed by atoms with van der Waals surface area (Å²) in [6.07, 6.45) is 1.92. The van der Waals surface area contributed by atoms with Gasteiger partial charge in [0.2, 0.25) is 0 Å². The van der Waals surface area contributed by atoms with E-state index in [4.69, 9.17) is 9.47 Å². The van der Waals surface area contributed by atoms with Crippen molar-refractivity contribution >= 4 is 17.4 Å². The molecular weight excluding hydrogens is 392 g/mol. The van der Waals surface area contributed by atoms with E-state index in [0.29, 0.717) is 0 Å². The lowest BCUT2D eigenvalue weighted by Crippen LogP contribution is -2.55. The second-order valence-corrected chi connectivity index (χ2v) is 8.08. The van der Waals surface area contributed by atoms with Gasteiger partial charge in [-0.05, 0) is 61.4 Å². The smallest absolute Gasteiger partial charge is 0.317 e. The Bertz CT molecular complexity index is 840. The van der Waals surface area contributed by atoms with Gasteiger partial charge >= 0.3 is 6.03 Å². The fourth-order valence-electron chi connectivity index (χ4n) is 4.30. The minimum absolute atomic E-state index is 0.0669. The summed E-state index contributed by atoms with van der Waals surface area (Å²) in [5, 5.41) is 3.25. The Hall–Kier alpha value is -3.09. The number of piperidine rings is 1. The van der Waals surface area contributed by atoms with E-state index in [1.807, 2.05) is 29.2 Å². The molecule has 7 nitrogen and oxygen atoms in total. The van der Waals surface area contributed by atoms with Crippen LogP contribution < -0.4 is 24.6 Å². The predicted molar refractivity (Wildman–Crippen MR) is 124 cm³/mol. The van der Waals surface area contributed by atoms with E-state index < -0.39 is 0 Å². The van der Waals surface area contributed by atoms with E-state index in [0.717, 1.165) is 63.6 Å². The summed E-state index contributed by atoms with van der Waals surface area (Å²) in [6, 6.07) is 16.6. The Morgan fingerprint density at radius 2 is 1.19 bits per heavy atom. The molecule has 166 valence electrons. The number of hydrogen-bond acceptors (Lipinski definition) is 5. The number of anilines is 2. The summed E-state index contributed by atoms with van der Waals surface area (Å²) in [5.41, 5.74) is 2.38. The topological polar surface area (TPSA) is 57.3 Å². The third kappa shape index (κ3) is 5.16. The largest absolute Gasteiger partial charge is 0.497 e. The molecule has 0 aliphatic carbocycles. The van der Waals surface area contributed by atoms with Crippen LogP contribution in [-0.4, -0.2) is 70.5 Å². The van der Waals surface area contributed by atoms with E-state index >= 15 is 0 Å². The minimum Gasteiger partial charge on any atom is -0.497 e. The number of carbonyl (C=O) groups is 1. The van der Waals surface area contributed by atoms with Gasteiger partial charge in [-0.3, -0.25) is 0 Å². The van der Waals surface area contributed by atoms with Gasteiger partial charge in [0.1, 0.15) is 11.5 Å². The first-order valence-electron chi connectivity index (χ1n) is 11.0. The number of piperazine rings is 1. The molecule has 0 spiro atoms. The number of nitrogens with one attached hydrogen (secondary N) is 1. The molecule has 2 aromatic carbocycles. The molecule has 2 aliphatic heterocycles. The average molecular weight is 425 g/mol. The van der Waals surface area contributed by atoms with Crippen molar-refractivity contribution in [2.45, 2.75) is 18.9 Å². The van der Waals surface area contributed by atoms with Gasteiger partial charge in [-0.2, -0.15) is 0 Å². The summed E-state index contributed by atoms with van der Waals surface area (Å²) in [6.45, 7) is 5.06. The summed E-state index contributed by atoms with van der Waals surface area (Å²) in [5.74, 6) is 1.73. The number of nitrogens with zero attached hydrogens (tertiary/aromatic N) is 3. The molecule has 1 N–H and O–H groups in total. The molecule has 2 fully saturated rings. The zero-order valence-electron chi connectivity index (χ0n) is 18.4. The zero-order valence-corrected chi connectivity index (χ0v) is 18.4. The second kappa shape index (κ2) is 9.81. The van der Waals surface area contributed by atoms with E-state index in [1.165, 1.54) is 11.4 Å². The van der Waals surface area contributed by atoms with Gasteiger partial charge < -0.3 is 29.5 Å². The number of benzene rings is 2. The van der Waals surface area contributed by atoms with Crippen LogP contribution in [0.1, 0.15) is 12.8 Å². The lowest BCUT2D eigenvalue weighted by molar-refractivity contribution is 0.188. The highest BCUT2D eigenvalue weighted by Gasteiger charge is 2.25. The average Bonchev–Trinajstić information content (AvgIpc) is 2.85. The van der Waals surface area contributed by atoms with E-state index in [1.54, 1.807) is 14.2 Å². The zero-order chi connectivity index (χ0) is 21.6. The maximum Gasteiger partial charge on any atom is 0.317 e. The second-order valence-electron chi connectivity index (χ2n) is 8.08. The third-order valence-corrected chi connectivity index (χ3v) is 6.26. The molecule has 0 saturated carbocycles. The van der Waals surface area contributed by atoms with Crippen LogP contribution in [-0.2, 0) is 0 Å².